The largest absolute Gasteiger partial charge is 0.477 e. The Balaban J connectivity index is 2.25. The number of carbonyl (C=O) groups is 1. The molecule has 1 heterocycles. The molecule has 0 spiro atoms. The zero-order valence-electron chi connectivity index (χ0n) is 10.4. The number of halogens is 1. The van der Waals surface area contributed by atoms with Crippen molar-refractivity contribution in [1.29, 1.82) is 0 Å². The molecule has 0 atom stereocenters. The summed E-state index contributed by atoms with van der Waals surface area (Å²) in [4.78, 5) is 10.9. The molecule has 1 aromatic heterocycles. The summed E-state index contributed by atoms with van der Waals surface area (Å²) in [6, 6.07) is 1.46. The van der Waals surface area contributed by atoms with E-state index in [4.69, 9.17) is 26.2 Å². The van der Waals surface area contributed by atoms with Gasteiger partial charge in [-0.1, -0.05) is 11.6 Å². The lowest BCUT2D eigenvalue weighted by Crippen LogP contribution is -2.09. The molecular formula is C12H18ClNO4. The number of hydrogen-bond acceptors (Lipinski definition) is 3. The number of unbranched alkanes of at least 4 members (excludes halogenated alkanes) is 1. The van der Waals surface area contributed by atoms with E-state index in [-0.39, 0.29) is 5.69 Å². The highest BCUT2D eigenvalue weighted by molar-refractivity contribution is 6.30. The van der Waals surface area contributed by atoms with E-state index in [1.165, 1.54) is 6.07 Å². The normalized spacial score (nSPS) is 10.8. The smallest absolute Gasteiger partial charge is 0.352 e. The Morgan fingerprint density at radius 1 is 1.39 bits per heavy atom. The molecule has 5 nitrogen and oxygen atoms in total. The van der Waals surface area contributed by atoms with Gasteiger partial charge in [-0.3, -0.25) is 0 Å². The Bertz CT molecular complexity index is 378. The Morgan fingerprint density at radius 3 is 2.83 bits per heavy atom. The summed E-state index contributed by atoms with van der Waals surface area (Å²) in [5.41, 5.74) is 0.223. The summed E-state index contributed by atoms with van der Waals surface area (Å²) in [7, 11) is 1.63. The number of aryl methyl sites for hydroxylation is 1. The van der Waals surface area contributed by atoms with E-state index in [1.54, 1.807) is 17.9 Å². The van der Waals surface area contributed by atoms with E-state index >= 15 is 0 Å². The first kappa shape index (κ1) is 15.0. The van der Waals surface area contributed by atoms with Crippen LogP contribution in [0.25, 0.3) is 0 Å². The highest BCUT2D eigenvalue weighted by Crippen LogP contribution is 2.15. The van der Waals surface area contributed by atoms with Gasteiger partial charge in [0.2, 0.25) is 0 Å². The van der Waals surface area contributed by atoms with Gasteiger partial charge >= 0.3 is 5.97 Å². The lowest BCUT2D eigenvalue weighted by atomic mass is 10.3. The lowest BCUT2D eigenvalue weighted by molar-refractivity contribution is 0.0672. The van der Waals surface area contributed by atoms with E-state index in [9.17, 15) is 4.79 Å². The van der Waals surface area contributed by atoms with Crippen LogP contribution in [0.2, 0.25) is 5.02 Å². The van der Waals surface area contributed by atoms with Crippen molar-refractivity contribution in [2.45, 2.75) is 19.4 Å². The van der Waals surface area contributed by atoms with Gasteiger partial charge < -0.3 is 19.1 Å². The molecule has 0 saturated heterocycles. The third-order valence-corrected chi connectivity index (χ3v) is 2.66. The van der Waals surface area contributed by atoms with Crippen LogP contribution in [0, 0.1) is 0 Å². The van der Waals surface area contributed by atoms with Crippen molar-refractivity contribution in [1.82, 2.24) is 4.57 Å². The van der Waals surface area contributed by atoms with Gasteiger partial charge in [-0.2, -0.15) is 0 Å². The molecule has 0 saturated carbocycles. The second kappa shape index (κ2) is 8.13. The summed E-state index contributed by atoms with van der Waals surface area (Å²) in [6.07, 6.45) is 3.35. The van der Waals surface area contributed by atoms with Crippen LogP contribution in [0.1, 0.15) is 23.3 Å². The summed E-state index contributed by atoms with van der Waals surface area (Å²) < 4.78 is 11.8. The minimum atomic E-state index is -0.960. The number of aromatic carboxylic acids is 1. The quantitative estimate of drug-likeness (QED) is 0.703. The number of nitrogens with zero attached hydrogens (tertiary/aromatic N) is 1. The van der Waals surface area contributed by atoms with Gasteiger partial charge in [-0.25, -0.2) is 4.79 Å². The van der Waals surface area contributed by atoms with Crippen molar-refractivity contribution in [2.24, 2.45) is 0 Å². The molecule has 0 aromatic carbocycles. The number of rotatable bonds is 9. The third kappa shape index (κ3) is 5.08. The van der Waals surface area contributed by atoms with Gasteiger partial charge in [0.05, 0.1) is 18.2 Å². The summed E-state index contributed by atoms with van der Waals surface area (Å²) in [6.45, 7) is 2.46. The van der Waals surface area contributed by atoms with Crippen LogP contribution in [0.5, 0.6) is 0 Å². The average molecular weight is 276 g/mol. The number of carboxylic acid groups (broad SMARTS) is 1. The van der Waals surface area contributed by atoms with E-state index in [1.807, 2.05) is 0 Å². The molecule has 0 aliphatic carbocycles. The van der Waals surface area contributed by atoms with Crippen molar-refractivity contribution >= 4 is 17.6 Å². The highest BCUT2D eigenvalue weighted by atomic mass is 35.5. The van der Waals surface area contributed by atoms with E-state index in [0.29, 0.717) is 31.4 Å². The van der Waals surface area contributed by atoms with Crippen LogP contribution in [0.3, 0.4) is 0 Å². The maximum Gasteiger partial charge on any atom is 0.352 e. The predicted molar refractivity (Wildman–Crippen MR) is 68.3 cm³/mol. The molecule has 0 aliphatic heterocycles. The lowest BCUT2D eigenvalue weighted by Gasteiger charge is -2.06. The molecule has 18 heavy (non-hydrogen) atoms. The minimum Gasteiger partial charge on any atom is -0.477 e. The predicted octanol–water partition coefficient (Wildman–Crippen LogP) is 2.28. The first-order valence-electron chi connectivity index (χ1n) is 5.81. The molecule has 1 rings (SSSR count). The Kier molecular flexibility index (Phi) is 6.78. The van der Waals surface area contributed by atoms with Gasteiger partial charge in [-0.05, 0) is 18.9 Å². The van der Waals surface area contributed by atoms with Gasteiger partial charge in [0.15, 0.2) is 0 Å². The first-order valence-corrected chi connectivity index (χ1v) is 6.18. The second-order valence-electron chi connectivity index (χ2n) is 3.85. The number of ether oxygens (including phenoxy) is 2. The van der Waals surface area contributed by atoms with Crippen LogP contribution < -0.4 is 0 Å². The highest BCUT2D eigenvalue weighted by Gasteiger charge is 2.10. The number of aromatic nitrogens is 1. The van der Waals surface area contributed by atoms with E-state index in [2.05, 4.69) is 0 Å². The fourth-order valence-electron chi connectivity index (χ4n) is 1.57. The fraction of sp³-hybridized carbons (Fsp3) is 0.583. The van der Waals surface area contributed by atoms with Gasteiger partial charge in [0.1, 0.15) is 5.69 Å². The fourth-order valence-corrected chi connectivity index (χ4v) is 1.79. The maximum atomic E-state index is 10.9. The number of methoxy groups -OCH3 is 1. The third-order valence-electron chi connectivity index (χ3n) is 2.45. The van der Waals surface area contributed by atoms with Crippen molar-refractivity contribution < 1.29 is 19.4 Å². The summed E-state index contributed by atoms with van der Waals surface area (Å²) in [5.74, 6) is -0.960. The minimum absolute atomic E-state index is 0.223. The van der Waals surface area contributed by atoms with Crippen LogP contribution in [0.4, 0.5) is 0 Å². The van der Waals surface area contributed by atoms with Gasteiger partial charge in [0.25, 0.3) is 0 Å². The van der Waals surface area contributed by atoms with Crippen LogP contribution >= 0.6 is 11.6 Å². The van der Waals surface area contributed by atoms with Crippen molar-refractivity contribution in [3.63, 3.8) is 0 Å². The SMILES string of the molecule is COCCOCCCCn1cc(Cl)cc1C(=O)O. The zero-order valence-corrected chi connectivity index (χ0v) is 11.2. The van der Waals surface area contributed by atoms with Crippen LogP contribution in [-0.4, -0.2) is 42.6 Å². The molecule has 0 radical (unpaired) electrons. The molecule has 0 bridgehead atoms. The molecule has 6 heteroatoms. The number of carboxylic acids is 1. The summed E-state index contributed by atoms with van der Waals surface area (Å²) >= 11 is 5.78. The average Bonchev–Trinajstić information content (AvgIpc) is 2.69. The molecular weight excluding hydrogens is 258 g/mol. The van der Waals surface area contributed by atoms with Crippen molar-refractivity contribution in [3.8, 4) is 0 Å². The molecule has 1 aromatic rings. The molecule has 0 unspecified atom stereocenters. The van der Waals surface area contributed by atoms with E-state index < -0.39 is 5.97 Å². The van der Waals surface area contributed by atoms with Gasteiger partial charge in [0, 0.05) is 26.5 Å². The van der Waals surface area contributed by atoms with Crippen molar-refractivity contribution in [2.75, 3.05) is 26.9 Å². The first-order chi connectivity index (χ1) is 8.65. The zero-order chi connectivity index (χ0) is 13.4. The van der Waals surface area contributed by atoms with Crippen molar-refractivity contribution in [3.05, 3.63) is 23.0 Å². The Morgan fingerprint density at radius 2 is 2.17 bits per heavy atom. The monoisotopic (exact) mass is 275 g/mol. The molecule has 0 aliphatic rings. The second-order valence-corrected chi connectivity index (χ2v) is 4.29. The topological polar surface area (TPSA) is 60.7 Å². The standard InChI is InChI=1S/C12H18ClNO4/c1-17-6-7-18-5-3-2-4-14-9-10(13)8-11(14)12(15)16/h8-9H,2-7H2,1H3,(H,15,16). The molecule has 0 amide bonds. The molecule has 0 fully saturated rings. The van der Waals surface area contributed by atoms with E-state index in [0.717, 1.165) is 12.8 Å². The van der Waals surface area contributed by atoms with Crippen LogP contribution in [0.15, 0.2) is 12.3 Å². The Hall–Kier alpha value is -1.04. The number of hydrogen-bond donors (Lipinski definition) is 1. The Labute approximate surface area is 111 Å². The van der Waals surface area contributed by atoms with Gasteiger partial charge in [-0.15, -0.1) is 0 Å². The maximum absolute atomic E-state index is 10.9. The molecule has 1 N–H and O–H groups in total. The summed E-state index contributed by atoms with van der Waals surface area (Å²) in [5, 5.41) is 9.41. The van der Waals surface area contributed by atoms with Crippen LogP contribution in [-0.2, 0) is 16.0 Å². The molecule has 102 valence electrons.